The first-order chi connectivity index (χ1) is 8.99. The molecular formula is C13H18N2O4. The van der Waals surface area contributed by atoms with Crippen LogP contribution in [0.25, 0.3) is 0 Å². The van der Waals surface area contributed by atoms with Gasteiger partial charge in [-0.25, -0.2) is 0 Å². The van der Waals surface area contributed by atoms with Crippen LogP contribution in [0, 0.1) is 0 Å². The first-order valence-electron chi connectivity index (χ1n) is 5.95. The van der Waals surface area contributed by atoms with Crippen molar-refractivity contribution in [3.63, 3.8) is 0 Å². The Morgan fingerprint density at radius 3 is 2.63 bits per heavy atom. The molecule has 0 aliphatic heterocycles. The Morgan fingerprint density at radius 2 is 2.11 bits per heavy atom. The van der Waals surface area contributed by atoms with Crippen molar-refractivity contribution in [2.24, 2.45) is 0 Å². The molecule has 1 atom stereocenters. The lowest BCUT2D eigenvalue weighted by molar-refractivity contribution is -0.122. The molecule has 0 aliphatic rings. The Bertz CT molecular complexity index is 474. The predicted molar refractivity (Wildman–Crippen MR) is 70.3 cm³/mol. The van der Waals surface area contributed by atoms with E-state index in [9.17, 15) is 14.7 Å². The molecule has 0 spiro atoms. The molecule has 1 aromatic carbocycles. The maximum Gasteiger partial charge on any atom is 0.255 e. The average molecular weight is 266 g/mol. The maximum absolute atomic E-state index is 11.9. The summed E-state index contributed by atoms with van der Waals surface area (Å²) in [6.07, 6.45) is 0. The summed E-state index contributed by atoms with van der Waals surface area (Å²) in [7, 11) is 1.46. The minimum Gasteiger partial charge on any atom is -0.507 e. The van der Waals surface area contributed by atoms with Crippen molar-refractivity contribution in [1.82, 2.24) is 10.6 Å². The minimum atomic E-state index is -0.672. The highest BCUT2D eigenvalue weighted by Crippen LogP contribution is 2.23. The molecule has 19 heavy (non-hydrogen) atoms. The van der Waals surface area contributed by atoms with Gasteiger partial charge in [0.05, 0.1) is 12.7 Å². The lowest BCUT2D eigenvalue weighted by Crippen LogP contribution is -2.44. The Hall–Kier alpha value is -2.24. The Morgan fingerprint density at radius 1 is 1.42 bits per heavy atom. The molecule has 6 heteroatoms. The number of hydrogen-bond donors (Lipinski definition) is 3. The number of ether oxygens (including phenoxy) is 1. The van der Waals surface area contributed by atoms with Gasteiger partial charge in [0, 0.05) is 12.6 Å². The second-order valence-corrected chi connectivity index (χ2v) is 3.97. The zero-order valence-electron chi connectivity index (χ0n) is 11.2. The number of benzene rings is 1. The number of methoxy groups -OCH3 is 1. The second-order valence-electron chi connectivity index (χ2n) is 3.97. The number of carbonyl (C=O) groups excluding carboxylic acids is 2. The standard InChI is InChI=1S/C13H18N2O4/c1-4-14-12(17)8(2)15-13(18)10-6-5-9(19-3)7-11(10)16/h5-8,16H,4H2,1-3H3,(H,14,17)(H,15,18). The summed E-state index contributed by atoms with van der Waals surface area (Å²) in [6.45, 7) is 3.86. The van der Waals surface area contributed by atoms with Crippen molar-refractivity contribution in [2.75, 3.05) is 13.7 Å². The van der Waals surface area contributed by atoms with Gasteiger partial charge in [-0.2, -0.15) is 0 Å². The number of amides is 2. The molecule has 0 bridgehead atoms. The number of aromatic hydroxyl groups is 1. The minimum absolute atomic E-state index is 0.0944. The SMILES string of the molecule is CCNC(=O)C(C)NC(=O)c1ccc(OC)cc1O. The first kappa shape index (κ1) is 14.8. The van der Waals surface area contributed by atoms with Crippen molar-refractivity contribution < 1.29 is 19.4 Å². The van der Waals surface area contributed by atoms with Crippen LogP contribution in [-0.2, 0) is 4.79 Å². The number of phenolic OH excluding ortho intramolecular Hbond substituents is 1. The normalized spacial score (nSPS) is 11.5. The number of carbonyl (C=O) groups is 2. The summed E-state index contributed by atoms with van der Waals surface area (Å²) in [4.78, 5) is 23.4. The van der Waals surface area contributed by atoms with Crippen LogP contribution >= 0.6 is 0 Å². The number of nitrogens with one attached hydrogen (secondary N) is 2. The van der Waals surface area contributed by atoms with Gasteiger partial charge in [0.1, 0.15) is 17.5 Å². The monoisotopic (exact) mass is 266 g/mol. The Kier molecular flexibility index (Phi) is 5.17. The van der Waals surface area contributed by atoms with Crippen molar-refractivity contribution in [1.29, 1.82) is 0 Å². The third-order valence-electron chi connectivity index (χ3n) is 2.54. The van der Waals surface area contributed by atoms with Gasteiger partial charge in [-0.3, -0.25) is 9.59 Å². The predicted octanol–water partition coefficient (Wildman–Crippen LogP) is 0.655. The number of phenols is 1. The highest BCUT2D eigenvalue weighted by atomic mass is 16.5. The van der Waals surface area contributed by atoms with E-state index in [1.165, 1.54) is 19.2 Å². The Labute approximate surface area is 111 Å². The lowest BCUT2D eigenvalue weighted by atomic mass is 10.1. The number of likely N-dealkylation sites (N-methyl/N-ethyl adjacent to an activating group) is 1. The second kappa shape index (κ2) is 6.63. The zero-order valence-corrected chi connectivity index (χ0v) is 11.2. The topological polar surface area (TPSA) is 87.7 Å². The van der Waals surface area contributed by atoms with Crippen LogP contribution in [0.15, 0.2) is 18.2 Å². The fraction of sp³-hybridized carbons (Fsp3) is 0.385. The molecule has 3 N–H and O–H groups in total. The molecule has 0 aromatic heterocycles. The van der Waals surface area contributed by atoms with E-state index in [-0.39, 0.29) is 17.2 Å². The lowest BCUT2D eigenvalue weighted by Gasteiger charge is -2.14. The van der Waals surface area contributed by atoms with Gasteiger partial charge in [0.15, 0.2) is 0 Å². The molecule has 0 radical (unpaired) electrons. The van der Waals surface area contributed by atoms with E-state index in [1.54, 1.807) is 19.9 Å². The summed E-state index contributed by atoms with van der Waals surface area (Å²) in [5, 5.41) is 14.8. The third kappa shape index (κ3) is 3.87. The van der Waals surface area contributed by atoms with E-state index in [0.717, 1.165) is 0 Å². The fourth-order valence-corrected chi connectivity index (χ4v) is 1.50. The molecule has 0 saturated carbocycles. The summed E-state index contributed by atoms with van der Waals surface area (Å²) in [6, 6.07) is 3.67. The van der Waals surface area contributed by atoms with Crippen LogP contribution in [-0.4, -0.2) is 36.6 Å². The molecule has 0 saturated heterocycles. The molecule has 1 rings (SSSR count). The van der Waals surface area contributed by atoms with Crippen molar-refractivity contribution in [2.45, 2.75) is 19.9 Å². The summed E-state index contributed by atoms with van der Waals surface area (Å²) >= 11 is 0. The summed E-state index contributed by atoms with van der Waals surface area (Å²) < 4.78 is 4.93. The average Bonchev–Trinajstić information content (AvgIpc) is 2.38. The van der Waals surface area contributed by atoms with Crippen LogP contribution in [0.5, 0.6) is 11.5 Å². The van der Waals surface area contributed by atoms with Crippen LogP contribution in [0.3, 0.4) is 0 Å². The van der Waals surface area contributed by atoms with Crippen LogP contribution in [0.4, 0.5) is 0 Å². The van der Waals surface area contributed by atoms with Crippen LogP contribution < -0.4 is 15.4 Å². The molecular weight excluding hydrogens is 248 g/mol. The van der Waals surface area contributed by atoms with Gasteiger partial charge in [-0.05, 0) is 26.0 Å². The molecule has 104 valence electrons. The molecule has 2 amide bonds. The van der Waals surface area contributed by atoms with Crippen LogP contribution in [0.1, 0.15) is 24.2 Å². The van der Waals surface area contributed by atoms with Gasteiger partial charge < -0.3 is 20.5 Å². The number of rotatable bonds is 5. The highest BCUT2D eigenvalue weighted by molar-refractivity contribution is 5.99. The third-order valence-corrected chi connectivity index (χ3v) is 2.54. The summed E-state index contributed by atoms with van der Waals surface area (Å²) in [5.41, 5.74) is 0.0944. The van der Waals surface area contributed by atoms with E-state index in [1.807, 2.05) is 0 Å². The molecule has 0 aliphatic carbocycles. The zero-order chi connectivity index (χ0) is 14.4. The van der Waals surface area contributed by atoms with E-state index in [2.05, 4.69) is 10.6 Å². The quantitative estimate of drug-likeness (QED) is 0.730. The molecule has 1 aromatic rings. The van der Waals surface area contributed by atoms with E-state index in [4.69, 9.17) is 4.74 Å². The van der Waals surface area contributed by atoms with Gasteiger partial charge in [0.25, 0.3) is 5.91 Å². The van der Waals surface area contributed by atoms with Crippen LogP contribution in [0.2, 0.25) is 0 Å². The molecule has 1 unspecified atom stereocenters. The van der Waals surface area contributed by atoms with E-state index in [0.29, 0.717) is 12.3 Å². The van der Waals surface area contributed by atoms with Gasteiger partial charge >= 0.3 is 0 Å². The smallest absolute Gasteiger partial charge is 0.255 e. The number of hydrogen-bond acceptors (Lipinski definition) is 4. The first-order valence-corrected chi connectivity index (χ1v) is 5.95. The molecule has 6 nitrogen and oxygen atoms in total. The maximum atomic E-state index is 11.9. The molecule has 0 heterocycles. The Balaban J connectivity index is 2.75. The van der Waals surface area contributed by atoms with E-state index < -0.39 is 11.9 Å². The fourth-order valence-electron chi connectivity index (χ4n) is 1.50. The van der Waals surface area contributed by atoms with Gasteiger partial charge in [0.2, 0.25) is 5.91 Å². The van der Waals surface area contributed by atoms with Crippen molar-refractivity contribution in [3.05, 3.63) is 23.8 Å². The van der Waals surface area contributed by atoms with Crippen molar-refractivity contribution in [3.8, 4) is 11.5 Å². The van der Waals surface area contributed by atoms with E-state index >= 15 is 0 Å². The van der Waals surface area contributed by atoms with Gasteiger partial charge in [-0.1, -0.05) is 0 Å². The molecule has 0 fully saturated rings. The highest BCUT2D eigenvalue weighted by Gasteiger charge is 2.18. The van der Waals surface area contributed by atoms with Crippen molar-refractivity contribution >= 4 is 11.8 Å². The van der Waals surface area contributed by atoms with Gasteiger partial charge in [-0.15, -0.1) is 0 Å². The summed E-state index contributed by atoms with van der Waals surface area (Å²) in [5.74, 6) is -0.534. The largest absolute Gasteiger partial charge is 0.507 e.